The van der Waals surface area contributed by atoms with Gasteiger partial charge in [-0.25, -0.2) is 4.98 Å². The van der Waals surface area contributed by atoms with Gasteiger partial charge in [0.2, 0.25) is 4.77 Å². The number of fused-ring (bicyclic) bond motifs is 1. The molecule has 0 saturated carbocycles. The monoisotopic (exact) mass is 421 g/mol. The van der Waals surface area contributed by atoms with E-state index in [9.17, 15) is 4.79 Å². The van der Waals surface area contributed by atoms with Crippen molar-refractivity contribution in [3.63, 3.8) is 0 Å². The third kappa shape index (κ3) is 3.96. The maximum atomic E-state index is 12.4. The second kappa shape index (κ2) is 8.33. The van der Waals surface area contributed by atoms with Gasteiger partial charge in [0.25, 0.3) is 5.56 Å². The van der Waals surface area contributed by atoms with Crippen LogP contribution in [0.3, 0.4) is 0 Å². The molecule has 0 radical (unpaired) electrons. The normalized spacial score (nSPS) is 12.4. The Hall–Kier alpha value is -3.10. The minimum absolute atomic E-state index is 0.109. The molecule has 2 heterocycles. The number of H-pyrrole nitrogens is 1. The van der Waals surface area contributed by atoms with Crippen molar-refractivity contribution in [3.05, 3.63) is 80.9 Å². The van der Waals surface area contributed by atoms with E-state index in [0.717, 1.165) is 18.1 Å². The molecule has 0 aliphatic heterocycles. The molecule has 8 heteroatoms. The van der Waals surface area contributed by atoms with Gasteiger partial charge in [0.1, 0.15) is 12.4 Å². The van der Waals surface area contributed by atoms with Crippen molar-refractivity contribution in [2.45, 2.75) is 34.0 Å². The van der Waals surface area contributed by atoms with Gasteiger partial charge >= 0.3 is 0 Å². The highest BCUT2D eigenvalue weighted by Gasteiger charge is 2.16. The van der Waals surface area contributed by atoms with Crippen LogP contribution in [0.4, 0.5) is 0 Å². The van der Waals surface area contributed by atoms with E-state index in [0.29, 0.717) is 34.7 Å². The zero-order chi connectivity index (χ0) is 21.3. The van der Waals surface area contributed by atoms with Crippen molar-refractivity contribution in [3.8, 4) is 5.69 Å². The van der Waals surface area contributed by atoms with E-state index in [-0.39, 0.29) is 5.56 Å². The first-order chi connectivity index (χ1) is 14.5. The first-order valence-electron chi connectivity index (χ1n) is 10.0. The number of aromatic amines is 1. The van der Waals surface area contributed by atoms with Crippen LogP contribution in [0.25, 0.3) is 16.6 Å². The molecule has 1 atom stereocenters. The summed E-state index contributed by atoms with van der Waals surface area (Å²) in [6.45, 7) is 8.13. The van der Waals surface area contributed by atoms with Crippen LogP contribution in [0.1, 0.15) is 24.1 Å². The summed E-state index contributed by atoms with van der Waals surface area (Å²) in [5, 5.41) is 5.27. The lowest BCUT2D eigenvalue weighted by Crippen LogP contribution is -3.09. The third-order valence-electron chi connectivity index (χ3n) is 5.25. The molecule has 4 rings (SSSR count). The molecule has 4 aromatic rings. The molecule has 0 spiro atoms. The maximum Gasteiger partial charge on any atom is 0.258 e. The van der Waals surface area contributed by atoms with Crippen molar-refractivity contribution in [2.24, 2.45) is 0 Å². The van der Waals surface area contributed by atoms with E-state index in [2.05, 4.69) is 53.2 Å². The van der Waals surface area contributed by atoms with E-state index < -0.39 is 0 Å². The lowest BCUT2D eigenvalue weighted by molar-refractivity contribution is -0.935. The Balaban J connectivity index is 1.60. The van der Waals surface area contributed by atoms with E-state index in [4.69, 9.17) is 12.2 Å². The van der Waals surface area contributed by atoms with Crippen molar-refractivity contribution >= 4 is 23.1 Å². The zero-order valence-electron chi connectivity index (χ0n) is 17.3. The van der Waals surface area contributed by atoms with Crippen LogP contribution in [-0.4, -0.2) is 30.9 Å². The predicted octanol–water partition coefficient (Wildman–Crippen LogP) is 2.32. The summed E-state index contributed by atoms with van der Waals surface area (Å²) < 4.78 is 4.49. The van der Waals surface area contributed by atoms with Gasteiger partial charge in [-0.1, -0.05) is 29.8 Å². The number of hydrogen-bond acceptors (Lipinski definition) is 4. The quantitative estimate of drug-likeness (QED) is 0.469. The number of aryl methyl sites for hydroxylation is 2. The number of hydrogen-bond donors (Lipinski definition) is 2. The van der Waals surface area contributed by atoms with Gasteiger partial charge in [-0.05, 0) is 57.3 Å². The molecule has 2 aromatic heterocycles. The number of para-hydroxylation sites is 1. The third-order valence-corrected chi connectivity index (χ3v) is 5.64. The fraction of sp³-hybridized carbons (Fsp3) is 0.273. The summed E-state index contributed by atoms with van der Waals surface area (Å²) in [7, 11) is 0. The first kappa shape index (κ1) is 20.2. The highest BCUT2D eigenvalue weighted by atomic mass is 32.1. The Labute approximate surface area is 179 Å². The lowest BCUT2D eigenvalue weighted by Gasteiger charge is -2.17. The molecular formula is C22H25N6OS+. The van der Waals surface area contributed by atoms with Gasteiger partial charge in [0, 0.05) is 5.69 Å². The highest BCUT2D eigenvalue weighted by Crippen LogP contribution is 2.13. The maximum absolute atomic E-state index is 12.4. The van der Waals surface area contributed by atoms with Crippen molar-refractivity contribution < 1.29 is 4.90 Å². The molecule has 0 bridgehead atoms. The number of nitrogens with one attached hydrogen (secondary N) is 2. The molecule has 2 aromatic carbocycles. The van der Waals surface area contributed by atoms with Crippen molar-refractivity contribution in [2.75, 3.05) is 6.54 Å². The van der Waals surface area contributed by atoms with Crippen molar-refractivity contribution in [1.82, 2.24) is 24.3 Å². The number of rotatable bonds is 6. The number of aromatic nitrogens is 5. The van der Waals surface area contributed by atoms with Crippen LogP contribution >= 0.6 is 12.2 Å². The number of benzene rings is 2. The lowest BCUT2D eigenvalue weighted by atomic mass is 10.2. The standard InChI is InChI=1S/C22H24N6OS/c1-4-26(13-20-23-19-8-6-5-7-18(19)21(29)24-20)14-27-22(30)28(16(3)25-27)17-11-9-15(2)10-12-17/h5-12H,4,13-14H2,1-3H3,(H,23,24,29)/p+1. The summed E-state index contributed by atoms with van der Waals surface area (Å²) >= 11 is 5.72. The number of nitrogens with zero attached hydrogens (tertiary/aromatic N) is 4. The van der Waals surface area contributed by atoms with Gasteiger partial charge < -0.3 is 9.88 Å². The van der Waals surface area contributed by atoms with Gasteiger partial charge in [0.15, 0.2) is 12.5 Å². The van der Waals surface area contributed by atoms with Crippen LogP contribution < -0.4 is 10.5 Å². The second-order valence-corrected chi connectivity index (χ2v) is 7.83. The van der Waals surface area contributed by atoms with E-state index in [1.807, 2.05) is 34.4 Å². The molecule has 7 nitrogen and oxygen atoms in total. The van der Waals surface area contributed by atoms with Crippen LogP contribution in [0.5, 0.6) is 0 Å². The fourth-order valence-corrected chi connectivity index (χ4v) is 3.91. The molecule has 2 N–H and O–H groups in total. The fourth-order valence-electron chi connectivity index (χ4n) is 3.57. The topological polar surface area (TPSA) is 72.9 Å². The molecule has 0 amide bonds. The molecule has 0 saturated heterocycles. The minimum Gasteiger partial charge on any atom is -0.310 e. The summed E-state index contributed by atoms with van der Waals surface area (Å²) in [6, 6.07) is 15.6. The molecule has 0 fully saturated rings. The van der Waals surface area contributed by atoms with E-state index in [1.165, 1.54) is 10.5 Å². The van der Waals surface area contributed by atoms with Gasteiger partial charge in [-0.15, -0.1) is 0 Å². The van der Waals surface area contributed by atoms with Gasteiger partial charge in [0.05, 0.1) is 17.4 Å². The summed E-state index contributed by atoms with van der Waals surface area (Å²) in [5.74, 6) is 1.51. The van der Waals surface area contributed by atoms with E-state index in [1.54, 1.807) is 6.07 Å². The second-order valence-electron chi connectivity index (χ2n) is 7.47. The van der Waals surface area contributed by atoms with E-state index >= 15 is 0 Å². The first-order valence-corrected chi connectivity index (χ1v) is 10.4. The average Bonchev–Trinajstić information content (AvgIpc) is 3.01. The Kier molecular flexibility index (Phi) is 5.61. The smallest absolute Gasteiger partial charge is 0.258 e. The van der Waals surface area contributed by atoms with Gasteiger partial charge in [-0.3, -0.25) is 9.36 Å². The Morgan fingerprint density at radius 3 is 2.57 bits per heavy atom. The molecule has 30 heavy (non-hydrogen) atoms. The molecule has 154 valence electrons. The predicted molar refractivity (Wildman–Crippen MR) is 119 cm³/mol. The molecule has 1 unspecified atom stereocenters. The molecule has 0 aliphatic rings. The average molecular weight is 422 g/mol. The molecular weight excluding hydrogens is 396 g/mol. The molecule has 0 aliphatic carbocycles. The number of quaternary nitrogens is 1. The van der Waals surface area contributed by atoms with Crippen LogP contribution in [-0.2, 0) is 13.2 Å². The zero-order valence-corrected chi connectivity index (χ0v) is 18.2. The minimum atomic E-state index is -0.109. The SMILES string of the molecule is CC[NH+](Cc1nc2ccccc2c(=O)[nH]1)Cn1nc(C)n(-c2ccc(C)cc2)c1=S. The Bertz CT molecular complexity index is 1300. The van der Waals surface area contributed by atoms with Crippen LogP contribution in [0.15, 0.2) is 53.3 Å². The highest BCUT2D eigenvalue weighted by molar-refractivity contribution is 7.71. The van der Waals surface area contributed by atoms with Crippen LogP contribution in [0.2, 0.25) is 0 Å². The Morgan fingerprint density at radius 2 is 1.83 bits per heavy atom. The summed E-state index contributed by atoms with van der Waals surface area (Å²) in [6.07, 6.45) is 0. The largest absolute Gasteiger partial charge is 0.310 e. The Morgan fingerprint density at radius 1 is 1.10 bits per heavy atom. The summed E-state index contributed by atoms with van der Waals surface area (Å²) in [4.78, 5) is 21.1. The van der Waals surface area contributed by atoms with Crippen molar-refractivity contribution in [1.29, 1.82) is 0 Å². The summed E-state index contributed by atoms with van der Waals surface area (Å²) in [5.41, 5.74) is 2.81. The van der Waals surface area contributed by atoms with Crippen LogP contribution in [0, 0.1) is 18.6 Å². The van der Waals surface area contributed by atoms with Gasteiger partial charge in [-0.2, -0.15) is 9.78 Å².